The first kappa shape index (κ1) is 57.3. The van der Waals surface area contributed by atoms with E-state index in [0.717, 1.165) is 67.2 Å². The number of benzene rings is 15. The maximum Gasteiger partial charge on any atom is 0.179 e. The van der Waals surface area contributed by atoms with Crippen LogP contribution in [0.1, 0.15) is 0 Å². The van der Waals surface area contributed by atoms with E-state index in [0.29, 0.717) is 0 Å². The van der Waals surface area contributed by atoms with Crippen LogP contribution in [0.25, 0.3) is 82.7 Å². The lowest BCUT2D eigenvalue weighted by atomic mass is 10.0. The van der Waals surface area contributed by atoms with Crippen LogP contribution in [-0.2, 0) is 0 Å². The second-order valence-corrected chi connectivity index (χ2v) is 32.6. The summed E-state index contributed by atoms with van der Waals surface area (Å²) in [5, 5.41) is 15.8. The molecule has 0 unspecified atom stereocenters. The summed E-state index contributed by atoms with van der Waals surface area (Å²) >= 11 is 1.26. The van der Waals surface area contributed by atoms with Crippen LogP contribution in [-0.4, -0.2) is 29.5 Å². The fourth-order valence-corrected chi connectivity index (χ4v) is 25.1. The Bertz CT molecular complexity index is 5130. The minimum Gasteiger partial charge on any atom is -0.309 e. The average molecular weight is 1260 g/mol. The Morgan fingerprint density at radius 2 is 0.621 bits per heavy atom. The smallest absolute Gasteiger partial charge is 0.179 e. The molecule has 0 radical (unpaired) electrons. The van der Waals surface area contributed by atoms with Crippen LogP contribution in [0.15, 0.2) is 376 Å². The molecule has 0 saturated heterocycles. The van der Waals surface area contributed by atoms with E-state index >= 15 is 0 Å². The molecule has 0 aliphatic heterocycles. The van der Waals surface area contributed by atoms with Gasteiger partial charge in [0.05, 0.1) is 28.4 Å². The summed E-state index contributed by atoms with van der Waals surface area (Å²) in [6.45, 7) is 0. The van der Waals surface area contributed by atoms with Crippen LogP contribution in [0.3, 0.4) is 0 Å². The van der Waals surface area contributed by atoms with Gasteiger partial charge in [-0.2, -0.15) is 8.75 Å². The molecule has 0 N–H and O–H groups in total. The van der Waals surface area contributed by atoms with E-state index in [1.807, 2.05) is 0 Å². The van der Waals surface area contributed by atoms with E-state index in [1.54, 1.807) is 0 Å². The van der Waals surface area contributed by atoms with Crippen molar-refractivity contribution in [1.82, 2.24) is 13.3 Å². The largest absolute Gasteiger partial charge is 0.309 e. The summed E-state index contributed by atoms with van der Waals surface area (Å²) in [6, 6.07) is 139. The van der Waals surface area contributed by atoms with E-state index in [1.165, 1.54) is 85.8 Å². The summed E-state index contributed by atoms with van der Waals surface area (Å²) < 4.78 is 12.7. The van der Waals surface area contributed by atoms with Crippen molar-refractivity contribution in [3.8, 4) is 39.1 Å². The summed E-state index contributed by atoms with van der Waals surface area (Å²) in [5.41, 5.74) is 14.9. The van der Waals surface area contributed by atoms with Crippen molar-refractivity contribution >= 4 is 130 Å². The first-order valence-corrected chi connectivity index (χ1v) is 37.2. The van der Waals surface area contributed by atoms with Gasteiger partial charge >= 0.3 is 0 Å². The van der Waals surface area contributed by atoms with Crippen LogP contribution in [0.2, 0.25) is 0 Å². The van der Waals surface area contributed by atoms with Gasteiger partial charge in [-0.15, -0.1) is 0 Å². The number of rotatable bonds is 15. The fourth-order valence-electron chi connectivity index (χ4n) is 15.0. The summed E-state index contributed by atoms with van der Waals surface area (Å²) in [6.07, 6.45) is 0. The Hall–Kier alpha value is -11.6. The molecule has 17 aromatic rings. The number of hydrogen-bond donors (Lipinski definition) is 0. The fraction of sp³-hybridized carbons (Fsp3) is 0. The molecule has 448 valence electrons. The third kappa shape index (κ3) is 9.87. The van der Waals surface area contributed by atoms with Gasteiger partial charge in [0.25, 0.3) is 0 Å². The average Bonchev–Trinajstić information content (AvgIpc) is 1.72. The number of nitrogens with zero attached hydrogens (tertiary/aromatic N) is 4. The maximum absolute atomic E-state index is 5.14. The second-order valence-electron chi connectivity index (χ2n) is 24.5. The molecule has 0 aliphatic carbocycles. The summed E-state index contributed by atoms with van der Waals surface area (Å²) in [4.78, 5) is 2.35. The molecular weight excluding hydrogens is 1200 g/mol. The highest BCUT2D eigenvalue weighted by atomic mass is 32.1. The van der Waals surface area contributed by atoms with E-state index < -0.39 is 16.1 Å². The van der Waals surface area contributed by atoms with Crippen LogP contribution in [0, 0.1) is 0 Å². The number of fused-ring (bicyclic) bond motifs is 6. The molecule has 2 heterocycles. The predicted octanol–water partition coefficient (Wildman–Crippen LogP) is 17.2. The van der Waals surface area contributed by atoms with Crippen molar-refractivity contribution in [3.05, 3.63) is 376 Å². The zero-order valence-corrected chi connectivity index (χ0v) is 54.8. The number of aromatic nitrogens is 3. The van der Waals surface area contributed by atoms with Crippen LogP contribution in [0.4, 0.5) is 17.1 Å². The molecular formula is C88H62N4SSi2. The molecule has 2 aromatic heterocycles. The SMILES string of the molecule is c1ccc([Si](c2ccccc2)(c2ccccc2)c2ccc(-c3ccc(N(c4ccc(-c5ccc([Si](c6ccccc6)(c6ccccc6)c6ccccc6)cc5)cc4)c4ccc(-c5ccc(-n6c7ccccc7c7ccc8ccccc8c76)cc5)c5nsnc45)cc3)cc2)cc1. The highest BCUT2D eigenvalue weighted by Gasteiger charge is 2.43. The summed E-state index contributed by atoms with van der Waals surface area (Å²) in [5.74, 6) is 0. The highest BCUT2D eigenvalue weighted by Crippen LogP contribution is 2.43. The monoisotopic (exact) mass is 1260 g/mol. The van der Waals surface area contributed by atoms with Gasteiger partial charge < -0.3 is 9.47 Å². The lowest BCUT2D eigenvalue weighted by molar-refractivity contribution is 1.19. The molecule has 0 amide bonds. The van der Waals surface area contributed by atoms with Crippen molar-refractivity contribution in [2.24, 2.45) is 0 Å². The number of para-hydroxylation sites is 1. The molecule has 95 heavy (non-hydrogen) atoms. The van der Waals surface area contributed by atoms with Gasteiger partial charge in [0.1, 0.15) is 11.0 Å². The van der Waals surface area contributed by atoms with Crippen molar-refractivity contribution in [2.45, 2.75) is 0 Å². The Labute approximate surface area is 559 Å². The van der Waals surface area contributed by atoms with Gasteiger partial charge in [-0.05, 0) is 129 Å². The molecule has 0 aliphatic rings. The van der Waals surface area contributed by atoms with Crippen molar-refractivity contribution < 1.29 is 0 Å². The van der Waals surface area contributed by atoms with E-state index in [2.05, 4.69) is 386 Å². The van der Waals surface area contributed by atoms with Gasteiger partial charge in [-0.1, -0.05) is 322 Å². The van der Waals surface area contributed by atoms with Gasteiger partial charge in [0.15, 0.2) is 16.1 Å². The van der Waals surface area contributed by atoms with Crippen LogP contribution >= 0.6 is 11.7 Å². The van der Waals surface area contributed by atoms with Crippen molar-refractivity contribution in [1.29, 1.82) is 0 Å². The predicted molar refractivity (Wildman–Crippen MR) is 407 cm³/mol. The topological polar surface area (TPSA) is 34.0 Å². The van der Waals surface area contributed by atoms with Gasteiger partial charge in [0, 0.05) is 38.8 Å². The Morgan fingerprint density at radius 1 is 0.263 bits per heavy atom. The van der Waals surface area contributed by atoms with E-state index in [9.17, 15) is 0 Å². The third-order valence-corrected chi connectivity index (χ3v) is 29.5. The lowest BCUT2D eigenvalue weighted by Gasteiger charge is -2.34. The molecule has 17 rings (SSSR count). The quantitative estimate of drug-likeness (QED) is 0.0758. The lowest BCUT2D eigenvalue weighted by Crippen LogP contribution is -2.74. The zero-order chi connectivity index (χ0) is 63.1. The Kier molecular flexibility index (Phi) is 14.8. The number of anilines is 3. The Balaban J connectivity index is 0.753. The molecule has 0 atom stereocenters. The molecule has 0 bridgehead atoms. The molecule has 7 heteroatoms. The molecule has 4 nitrogen and oxygen atoms in total. The van der Waals surface area contributed by atoms with Gasteiger partial charge in [-0.25, -0.2) is 0 Å². The van der Waals surface area contributed by atoms with Crippen LogP contribution < -0.4 is 46.4 Å². The second kappa shape index (κ2) is 24.5. The van der Waals surface area contributed by atoms with Gasteiger partial charge in [0.2, 0.25) is 0 Å². The minimum absolute atomic E-state index is 0.843. The van der Waals surface area contributed by atoms with Crippen molar-refractivity contribution in [2.75, 3.05) is 4.90 Å². The van der Waals surface area contributed by atoms with Crippen LogP contribution in [0.5, 0.6) is 0 Å². The molecule has 0 spiro atoms. The molecule has 0 saturated carbocycles. The van der Waals surface area contributed by atoms with E-state index in [4.69, 9.17) is 8.75 Å². The van der Waals surface area contributed by atoms with Gasteiger partial charge in [-0.3, -0.25) is 0 Å². The molecule has 15 aromatic carbocycles. The number of hydrogen-bond acceptors (Lipinski definition) is 4. The third-order valence-electron chi connectivity index (χ3n) is 19.4. The normalized spacial score (nSPS) is 11.8. The van der Waals surface area contributed by atoms with E-state index in [-0.39, 0.29) is 0 Å². The Morgan fingerprint density at radius 3 is 1.06 bits per heavy atom. The zero-order valence-electron chi connectivity index (χ0n) is 52.0. The standard InChI is InChI=1S/C88H62N4SSi2/c1-7-24-72(25-8-1)94(73-26-9-2-10-27-73,74-28-11-3-12-29-74)78-56-45-65(46-57-78)63-39-50-69(51-40-63)91(70-52-41-64(42-53-70)66-47-58-79(59-48-66)95(75-30-13-4-14-31-75,76-32-15-5-16-33-76)77-34-17-6-18-35-77)85-62-61-80(86-87(85)90-93-89-86)68-43-54-71(55-44-68)92-84-38-22-21-37-82(84)83-60-49-67-23-19-20-36-81(67)88(83)92/h1-62H. The minimum atomic E-state index is -2.70. The first-order chi connectivity index (χ1) is 47.1. The maximum atomic E-state index is 5.14. The summed E-state index contributed by atoms with van der Waals surface area (Å²) in [7, 11) is -5.40. The first-order valence-electron chi connectivity index (χ1n) is 32.5. The van der Waals surface area contributed by atoms with Crippen molar-refractivity contribution in [3.63, 3.8) is 0 Å². The molecule has 0 fully saturated rings. The highest BCUT2D eigenvalue weighted by molar-refractivity contribution is 7.20.